The normalized spacial score (nSPS) is 12.5. The number of rotatable bonds is 9. The minimum absolute atomic E-state index is 0.0269. The molecule has 0 heterocycles. The molecule has 214 valence electrons. The standard InChI is InChI=1S/C28H29Cl4N3O4S/c1-18(27(37)33-28(2,3)4)34(16-21-22(30)11-8-12-23(21)31)26(36)17-35(25-14-13-19(29)15-24(25)32)40(38,39)20-9-6-5-7-10-20/h5-15,18H,16-17H2,1-4H3,(H,33,37)/t18-/m0/s1. The highest BCUT2D eigenvalue weighted by molar-refractivity contribution is 7.92. The van der Waals surface area contributed by atoms with Crippen molar-refractivity contribution in [3.63, 3.8) is 0 Å². The second-order valence-electron chi connectivity index (χ2n) is 10.1. The van der Waals surface area contributed by atoms with Crippen molar-refractivity contribution in [3.8, 4) is 0 Å². The third-order valence-corrected chi connectivity index (χ3v) is 8.86. The average molecular weight is 645 g/mol. The van der Waals surface area contributed by atoms with E-state index in [1.165, 1.54) is 35.2 Å². The van der Waals surface area contributed by atoms with Gasteiger partial charge in [0.05, 0.1) is 15.6 Å². The summed E-state index contributed by atoms with van der Waals surface area (Å²) in [6.45, 7) is 6.16. The molecule has 1 atom stereocenters. The number of nitrogens with zero attached hydrogens (tertiary/aromatic N) is 2. The van der Waals surface area contributed by atoms with Gasteiger partial charge in [0.25, 0.3) is 10.0 Å². The molecule has 0 spiro atoms. The first kappa shape index (κ1) is 32.0. The van der Waals surface area contributed by atoms with Crippen LogP contribution >= 0.6 is 46.4 Å². The second kappa shape index (κ2) is 13.0. The zero-order valence-corrected chi connectivity index (χ0v) is 26.1. The van der Waals surface area contributed by atoms with Crippen LogP contribution in [-0.4, -0.2) is 43.3 Å². The maximum absolute atomic E-state index is 14.0. The molecule has 0 aliphatic carbocycles. The van der Waals surface area contributed by atoms with Crippen molar-refractivity contribution < 1.29 is 18.0 Å². The van der Waals surface area contributed by atoms with E-state index in [4.69, 9.17) is 46.4 Å². The van der Waals surface area contributed by atoms with Crippen LogP contribution in [0.2, 0.25) is 20.1 Å². The summed E-state index contributed by atoms with van der Waals surface area (Å²) in [6.07, 6.45) is 0. The molecule has 0 aliphatic heterocycles. The highest BCUT2D eigenvalue weighted by atomic mass is 35.5. The Kier molecular flexibility index (Phi) is 10.4. The van der Waals surface area contributed by atoms with Crippen LogP contribution in [0.25, 0.3) is 0 Å². The Morgan fingerprint density at radius 3 is 2.02 bits per heavy atom. The maximum atomic E-state index is 14.0. The Balaban J connectivity index is 2.10. The molecule has 2 amide bonds. The van der Waals surface area contributed by atoms with Gasteiger partial charge < -0.3 is 10.2 Å². The number of carbonyl (C=O) groups excluding carboxylic acids is 2. The predicted molar refractivity (Wildman–Crippen MR) is 162 cm³/mol. The van der Waals surface area contributed by atoms with Crippen molar-refractivity contribution in [2.75, 3.05) is 10.8 Å². The van der Waals surface area contributed by atoms with Crippen molar-refractivity contribution in [2.24, 2.45) is 0 Å². The van der Waals surface area contributed by atoms with Gasteiger partial charge in [0.1, 0.15) is 12.6 Å². The van der Waals surface area contributed by atoms with Crippen molar-refractivity contribution >= 4 is 73.9 Å². The lowest BCUT2D eigenvalue weighted by atomic mass is 10.1. The molecule has 0 saturated heterocycles. The van der Waals surface area contributed by atoms with E-state index in [-0.39, 0.29) is 22.2 Å². The monoisotopic (exact) mass is 643 g/mol. The number of nitrogens with one attached hydrogen (secondary N) is 1. The molecule has 0 aromatic heterocycles. The molecule has 0 bridgehead atoms. The van der Waals surface area contributed by atoms with Crippen LogP contribution in [0.3, 0.4) is 0 Å². The first-order chi connectivity index (χ1) is 18.6. The zero-order valence-electron chi connectivity index (χ0n) is 22.3. The lowest BCUT2D eigenvalue weighted by molar-refractivity contribution is -0.140. The molecule has 40 heavy (non-hydrogen) atoms. The Hall–Kier alpha value is -2.49. The minimum atomic E-state index is -4.28. The molecule has 3 aromatic carbocycles. The van der Waals surface area contributed by atoms with Crippen LogP contribution < -0.4 is 9.62 Å². The number of halogens is 4. The largest absolute Gasteiger partial charge is 0.350 e. The van der Waals surface area contributed by atoms with E-state index in [1.807, 2.05) is 20.8 Å². The van der Waals surface area contributed by atoms with Gasteiger partial charge in [-0.1, -0.05) is 70.7 Å². The van der Waals surface area contributed by atoms with E-state index in [0.717, 1.165) is 4.31 Å². The topological polar surface area (TPSA) is 86.8 Å². The van der Waals surface area contributed by atoms with Crippen molar-refractivity contribution in [2.45, 2.75) is 50.7 Å². The minimum Gasteiger partial charge on any atom is -0.350 e. The summed E-state index contributed by atoms with van der Waals surface area (Å²) in [4.78, 5) is 28.4. The second-order valence-corrected chi connectivity index (χ2v) is 13.6. The summed E-state index contributed by atoms with van der Waals surface area (Å²) in [5.74, 6) is -1.12. The van der Waals surface area contributed by atoms with Gasteiger partial charge in [0.2, 0.25) is 11.8 Å². The molecular formula is C28H29Cl4N3O4S. The fourth-order valence-electron chi connectivity index (χ4n) is 3.83. The molecule has 0 radical (unpaired) electrons. The number of amides is 2. The number of anilines is 1. The number of hydrogen-bond donors (Lipinski definition) is 1. The quantitative estimate of drug-likeness (QED) is 0.277. The maximum Gasteiger partial charge on any atom is 0.264 e. The van der Waals surface area contributed by atoms with Crippen LogP contribution in [0.5, 0.6) is 0 Å². The molecule has 3 aromatic rings. The predicted octanol–water partition coefficient (Wildman–Crippen LogP) is 6.83. The number of hydrogen-bond acceptors (Lipinski definition) is 4. The number of sulfonamides is 1. The molecule has 1 N–H and O–H groups in total. The van der Waals surface area contributed by atoms with Gasteiger partial charge in [0.15, 0.2) is 0 Å². The van der Waals surface area contributed by atoms with Gasteiger partial charge in [-0.2, -0.15) is 0 Å². The fraction of sp³-hybridized carbons (Fsp3) is 0.286. The van der Waals surface area contributed by atoms with Crippen molar-refractivity contribution in [3.05, 3.63) is 92.4 Å². The summed E-state index contributed by atoms with van der Waals surface area (Å²) >= 11 is 25.3. The number of benzene rings is 3. The van der Waals surface area contributed by atoms with E-state index < -0.39 is 40.0 Å². The van der Waals surface area contributed by atoms with E-state index in [9.17, 15) is 18.0 Å². The summed E-state index contributed by atoms with van der Waals surface area (Å²) in [5.41, 5.74) is -0.121. The Morgan fingerprint density at radius 1 is 0.875 bits per heavy atom. The van der Waals surface area contributed by atoms with Gasteiger partial charge in [0, 0.05) is 32.7 Å². The van der Waals surface area contributed by atoms with E-state index in [0.29, 0.717) is 20.6 Å². The molecule has 12 heteroatoms. The van der Waals surface area contributed by atoms with E-state index in [2.05, 4.69) is 5.32 Å². The van der Waals surface area contributed by atoms with Crippen molar-refractivity contribution in [1.82, 2.24) is 10.2 Å². The lowest BCUT2D eigenvalue weighted by Crippen LogP contribution is -2.54. The highest BCUT2D eigenvalue weighted by Gasteiger charge is 2.34. The number of carbonyl (C=O) groups is 2. The molecule has 0 saturated carbocycles. The third-order valence-electron chi connectivity index (χ3n) is 5.84. The molecule has 0 unspecified atom stereocenters. The van der Waals surface area contributed by atoms with Crippen LogP contribution in [0, 0.1) is 0 Å². The van der Waals surface area contributed by atoms with Crippen LogP contribution in [0.15, 0.2) is 71.6 Å². The van der Waals surface area contributed by atoms with Crippen molar-refractivity contribution in [1.29, 1.82) is 0 Å². The van der Waals surface area contributed by atoms with Gasteiger partial charge in [-0.15, -0.1) is 0 Å². The Morgan fingerprint density at radius 2 is 1.48 bits per heavy atom. The highest BCUT2D eigenvalue weighted by Crippen LogP contribution is 2.33. The molecule has 0 fully saturated rings. The summed E-state index contributed by atoms with van der Waals surface area (Å²) in [5, 5.41) is 3.77. The Bertz CT molecular complexity index is 1470. The third kappa shape index (κ3) is 7.83. The summed E-state index contributed by atoms with van der Waals surface area (Å²) in [6, 6.07) is 15.8. The average Bonchev–Trinajstić information content (AvgIpc) is 2.86. The SMILES string of the molecule is C[C@@H](C(=O)NC(C)(C)C)N(Cc1c(Cl)cccc1Cl)C(=O)CN(c1ccc(Cl)cc1Cl)S(=O)(=O)c1ccccc1. The van der Waals surface area contributed by atoms with Crippen LogP contribution in [-0.2, 0) is 26.2 Å². The van der Waals surface area contributed by atoms with Crippen LogP contribution in [0.4, 0.5) is 5.69 Å². The van der Waals surface area contributed by atoms with Gasteiger partial charge in [-0.3, -0.25) is 13.9 Å². The van der Waals surface area contributed by atoms with E-state index in [1.54, 1.807) is 43.3 Å². The first-order valence-electron chi connectivity index (χ1n) is 12.2. The molecule has 7 nitrogen and oxygen atoms in total. The lowest BCUT2D eigenvalue weighted by Gasteiger charge is -2.34. The first-order valence-corrected chi connectivity index (χ1v) is 15.1. The van der Waals surface area contributed by atoms with Crippen LogP contribution in [0.1, 0.15) is 33.3 Å². The van der Waals surface area contributed by atoms with Gasteiger partial charge in [-0.25, -0.2) is 8.42 Å². The smallest absolute Gasteiger partial charge is 0.264 e. The van der Waals surface area contributed by atoms with Gasteiger partial charge >= 0.3 is 0 Å². The van der Waals surface area contributed by atoms with Gasteiger partial charge in [-0.05, 0) is 70.2 Å². The summed E-state index contributed by atoms with van der Waals surface area (Å²) in [7, 11) is -4.28. The molecule has 0 aliphatic rings. The zero-order chi connectivity index (χ0) is 29.8. The summed E-state index contributed by atoms with van der Waals surface area (Å²) < 4.78 is 28.6. The fourth-order valence-corrected chi connectivity index (χ4v) is 6.36. The molecule has 3 rings (SSSR count). The Labute approximate surface area is 255 Å². The van der Waals surface area contributed by atoms with E-state index >= 15 is 0 Å². The molecular weight excluding hydrogens is 616 g/mol.